The molecule has 0 aliphatic heterocycles. The van der Waals surface area contributed by atoms with Crippen molar-refractivity contribution >= 4 is 27.0 Å². The topological polar surface area (TPSA) is 0 Å². The zero-order valence-corrected chi connectivity index (χ0v) is 6.93. The van der Waals surface area contributed by atoms with Gasteiger partial charge in [0.25, 0.3) is 0 Å². The minimum atomic E-state index is 0. The minimum absolute atomic E-state index is 0. The largest absolute Gasteiger partial charge is 0.197 e. The van der Waals surface area contributed by atoms with Gasteiger partial charge < -0.3 is 0 Å². The Hall–Kier alpha value is 1.96. The van der Waals surface area contributed by atoms with Crippen LogP contribution < -0.4 is 0 Å². The van der Waals surface area contributed by atoms with Crippen LogP contribution in [0.2, 0.25) is 0 Å². The van der Waals surface area contributed by atoms with Gasteiger partial charge in [0.15, 0.2) is 0 Å². The van der Waals surface area contributed by atoms with Crippen LogP contribution in [0.15, 0.2) is 0 Å². The number of rotatable bonds is 0. The summed E-state index contributed by atoms with van der Waals surface area (Å²) >= 11 is 0. The second-order valence-electron chi connectivity index (χ2n) is 0. The molecule has 0 aliphatic rings. The van der Waals surface area contributed by atoms with Gasteiger partial charge in [-0.2, -0.15) is 27.0 Å². The fourth-order valence-electron chi connectivity index (χ4n) is 0. The molecule has 0 unspecified atom stereocenters. The van der Waals surface area contributed by atoms with Crippen molar-refractivity contribution in [2.24, 2.45) is 0 Å². The van der Waals surface area contributed by atoms with Crippen LogP contribution in [0.3, 0.4) is 0 Å². The summed E-state index contributed by atoms with van der Waals surface area (Å²) in [6.07, 6.45) is 0. The molecule has 4 heavy (non-hydrogen) atoms. The molecule has 0 rings (SSSR count). The molecule has 0 spiro atoms. The standard InChI is InChI=1S/Au.Fe.2H2S/h;;2*1H2. The Kier molecular flexibility index (Phi) is 193. The van der Waals surface area contributed by atoms with Gasteiger partial charge in [0.2, 0.25) is 0 Å². The molecule has 35 valence electrons. The zero-order valence-electron chi connectivity index (χ0n) is 1.66. The fourth-order valence-corrected chi connectivity index (χ4v) is 0. The van der Waals surface area contributed by atoms with Crippen LogP contribution in [-0.4, -0.2) is 0 Å². The number of hydrogen-bond acceptors (Lipinski definition) is 0. The van der Waals surface area contributed by atoms with Crippen molar-refractivity contribution in [3.05, 3.63) is 0 Å². The summed E-state index contributed by atoms with van der Waals surface area (Å²) in [5, 5.41) is 0. The molecule has 1 radical (unpaired) electrons. The Bertz CT molecular complexity index is 6.00. The molecule has 4 heteroatoms. The van der Waals surface area contributed by atoms with E-state index in [9.17, 15) is 0 Å². The Labute approximate surface area is 66.0 Å². The molecule has 0 saturated heterocycles. The van der Waals surface area contributed by atoms with Gasteiger partial charge in [-0.05, 0) is 0 Å². The second kappa shape index (κ2) is 20.2. The predicted molar refractivity (Wildman–Crippen MR) is 20.8 cm³/mol. The third kappa shape index (κ3) is 9.03. The normalized spacial score (nSPS) is 0. The molecule has 0 saturated carbocycles. The van der Waals surface area contributed by atoms with E-state index < -0.39 is 0 Å². The first kappa shape index (κ1) is 38.2. The fraction of sp³-hybridized carbons (Fsp3) is 0. The summed E-state index contributed by atoms with van der Waals surface area (Å²) in [6.45, 7) is 0. The van der Waals surface area contributed by atoms with E-state index in [1.54, 1.807) is 0 Å². The monoisotopic (exact) mass is 321 g/mol. The van der Waals surface area contributed by atoms with Crippen molar-refractivity contribution < 1.29 is 39.4 Å². The number of hydrogen-bond donors (Lipinski definition) is 0. The molecule has 0 bridgehead atoms. The van der Waals surface area contributed by atoms with E-state index in [1.807, 2.05) is 0 Å². The van der Waals surface area contributed by atoms with E-state index >= 15 is 0 Å². The summed E-state index contributed by atoms with van der Waals surface area (Å²) in [5.74, 6) is 0. The van der Waals surface area contributed by atoms with E-state index in [0.29, 0.717) is 0 Å². The first-order valence-corrected chi connectivity index (χ1v) is 0. The molecule has 0 nitrogen and oxygen atoms in total. The second-order valence-corrected chi connectivity index (χ2v) is 0. The van der Waals surface area contributed by atoms with Gasteiger partial charge in [0.1, 0.15) is 0 Å². The van der Waals surface area contributed by atoms with Crippen LogP contribution in [0.4, 0.5) is 0 Å². The summed E-state index contributed by atoms with van der Waals surface area (Å²) in [5.41, 5.74) is 0. The average Bonchev–Trinajstić information content (AvgIpc) is 0. The molecule has 0 aromatic rings. The van der Waals surface area contributed by atoms with Crippen molar-refractivity contribution in [3.63, 3.8) is 0 Å². The molecular formula is H4AuFeS2. The Morgan fingerprint density at radius 1 is 0.750 bits per heavy atom. The van der Waals surface area contributed by atoms with Gasteiger partial charge in [0.05, 0.1) is 0 Å². The SMILES string of the molecule is S.S.[Au].[Fe]. The molecule has 0 aromatic carbocycles. The predicted octanol–water partition coefficient (Wildman–Crippen LogP) is 0.221. The van der Waals surface area contributed by atoms with E-state index in [2.05, 4.69) is 0 Å². The summed E-state index contributed by atoms with van der Waals surface area (Å²) in [7, 11) is 0. The molecule has 0 fully saturated rings. The van der Waals surface area contributed by atoms with E-state index in [-0.39, 0.29) is 66.4 Å². The molecular weight excluding hydrogens is 317 g/mol. The molecule has 0 aliphatic carbocycles. The van der Waals surface area contributed by atoms with Gasteiger partial charge in [-0.15, -0.1) is 0 Å². The average molecular weight is 321 g/mol. The van der Waals surface area contributed by atoms with Crippen LogP contribution in [-0.2, 0) is 39.4 Å². The van der Waals surface area contributed by atoms with Gasteiger partial charge >= 0.3 is 0 Å². The summed E-state index contributed by atoms with van der Waals surface area (Å²) < 4.78 is 0. The van der Waals surface area contributed by atoms with E-state index in [1.165, 1.54) is 0 Å². The van der Waals surface area contributed by atoms with Crippen molar-refractivity contribution in [2.75, 3.05) is 0 Å². The van der Waals surface area contributed by atoms with E-state index in [0.717, 1.165) is 0 Å². The van der Waals surface area contributed by atoms with E-state index in [4.69, 9.17) is 0 Å². The van der Waals surface area contributed by atoms with Gasteiger partial charge in [-0.3, -0.25) is 0 Å². The van der Waals surface area contributed by atoms with Gasteiger partial charge in [-0.1, -0.05) is 0 Å². The van der Waals surface area contributed by atoms with Crippen LogP contribution in [0.1, 0.15) is 0 Å². The summed E-state index contributed by atoms with van der Waals surface area (Å²) in [6, 6.07) is 0. The first-order valence-electron chi connectivity index (χ1n) is 0. The third-order valence-electron chi connectivity index (χ3n) is 0. The van der Waals surface area contributed by atoms with Crippen molar-refractivity contribution in [1.82, 2.24) is 0 Å². The van der Waals surface area contributed by atoms with Crippen LogP contribution in [0, 0.1) is 0 Å². The Morgan fingerprint density at radius 2 is 0.750 bits per heavy atom. The van der Waals surface area contributed by atoms with Gasteiger partial charge in [0, 0.05) is 39.4 Å². The molecule has 0 heterocycles. The molecule has 0 atom stereocenters. The van der Waals surface area contributed by atoms with Crippen molar-refractivity contribution in [1.29, 1.82) is 0 Å². The van der Waals surface area contributed by atoms with Crippen LogP contribution in [0.25, 0.3) is 0 Å². The third-order valence-corrected chi connectivity index (χ3v) is 0. The van der Waals surface area contributed by atoms with Crippen molar-refractivity contribution in [2.45, 2.75) is 0 Å². The smallest absolute Gasteiger partial charge is 0 e. The maximum absolute atomic E-state index is 0. The van der Waals surface area contributed by atoms with Crippen LogP contribution >= 0.6 is 27.0 Å². The van der Waals surface area contributed by atoms with Gasteiger partial charge in [-0.25, -0.2) is 0 Å². The molecule has 0 amide bonds. The first-order chi connectivity index (χ1) is 0. The maximum atomic E-state index is 0. The Balaban J connectivity index is 0. The molecule has 0 N–H and O–H groups in total. The Morgan fingerprint density at radius 3 is 0.750 bits per heavy atom. The quantitative estimate of drug-likeness (QED) is 0.560. The zero-order chi connectivity index (χ0) is 0. The minimum Gasteiger partial charge on any atom is -0.197 e. The van der Waals surface area contributed by atoms with Crippen molar-refractivity contribution in [3.8, 4) is 0 Å². The maximum Gasteiger partial charge on any atom is 0 e. The molecule has 0 aromatic heterocycles. The van der Waals surface area contributed by atoms with Crippen LogP contribution in [0.5, 0.6) is 0 Å². The summed E-state index contributed by atoms with van der Waals surface area (Å²) in [4.78, 5) is 0.